The Bertz CT molecular complexity index is 855. The number of rotatable bonds is 6. The highest BCUT2D eigenvalue weighted by Crippen LogP contribution is 2.16. The maximum atomic E-state index is 13.0. The van der Waals surface area contributed by atoms with Gasteiger partial charge >= 0.3 is 0 Å². The highest BCUT2D eigenvalue weighted by Gasteiger charge is 2.27. The maximum Gasteiger partial charge on any atom is 0.246 e. The first-order chi connectivity index (χ1) is 14.0. The van der Waals surface area contributed by atoms with Gasteiger partial charge in [0.2, 0.25) is 5.91 Å². The SMILES string of the molecule is CN=C(NCCN(C)Cc1ccc(F)cc1)N1CCN(c2cnn(C)c2)C(=O)C1.I. The van der Waals surface area contributed by atoms with Gasteiger partial charge < -0.3 is 20.0 Å². The molecule has 1 saturated heterocycles. The summed E-state index contributed by atoms with van der Waals surface area (Å²) in [5, 5.41) is 7.47. The number of amides is 1. The van der Waals surface area contributed by atoms with Crippen molar-refractivity contribution in [1.82, 2.24) is 24.9 Å². The van der Waals surface area contributed by atoms with Crippen LogP contribution in [0.25, 0.3) is 0 Å². The molecule has 1 aromatic carbocycles. The van der Waals surface area contributed by atoms with Crippen molar-refractivity contribution in [2.24, 2.45) is 12.0 Å². The molecule has 164 valence electrons. The van der Waals surface area contributed by atoms with Gasteiger partial charge in [0, 0.05) is 53.0 Å². The van der Waals surface area contributed by atoms with Crippen molar-refractivity contribution in [1.29, 1.82) is 0 Å². The van der Waals surface area contributed by atoms with Crippen LogP contribution in [0.3, 0.4) is 0 Å². The van der Waals surface area contributed by atoms with E-state index in [4.69, 9.17) is 0 Å². The average Bonchev–Trinajstić information content (AvgIpc) is 3.13. The second kappa shape index (κ2) is 11.3. The number of nitrogens with zero attached hydrogens (tertiary/aromatic N) is 6. The Morgan fingerprint density at radius 1 is 1.30 bits per heavy atom. The molecule has 0 spiro atoms. The number of guanidine groups is 1. The third-order valence-electron chi connectivity index (χ3n) is 4.88. The molecule has 1 N–H and O–H groups in total. The molecule has 0 aliphatic carbocycles. The van der Waals surface area contributed by atoms with Gasteiger partial charge in [-0.1, -0.05) is 12.1 Å². The number of hydrogen-bond acceptors (Lipinski definition) is 4. The first kappa shape index (κ1) is 24.1. The van der Waals surface area contributed by atoms with Crippen molar-refractivity contribution in [3.05, 3.63) is 48.0 Å². The summed E-state index contributed by atoms with van der Waals surface area (Å²) in [5.41, 5.74) is 1.89. The summed E-state index contributed by atoms with van der Waals surface area (Å²) >= 11 is 0. The lowest BCUT2D eigenvalue weighted by Gasteiger charge is -2.35. The molecule has 0 radical (unpaired) electrons. The van der Waals surface area contributed by atoms with Crippen LogP contribution in [-0.4, -0.2) is 78.3 Å². The molecule has 10 heteroatoms. The maximum absolute atomic E-state index is 13.0. The number of carbonyl (C=O) groups is 1. The Balaban J connectivity index is 0.00000320. The van der Waals surface area contributed by atoms with Crippen LogP contribution < -0.4 is 10.2 Å². The van der Waals surface area contributed by atoms with E-state index in [1.54, 1.807) is 35.0 Å². The highest BCUT2D eigenvalue weighted by atomic mass is 127. The molecule has 1 aliphatic heterocycles. The van der Waals surface area contributed by atoms with Crippen LogP contribution in [0.2, 0.25) is 0 Å². The molecule has 1 fully saturated rings. The number of piperazine rings is 1. The molecule has 0 saturated carbocycles. The van der Waals surface area contributed by atoms with Crippen LogP contribution in [0.15, 0.2) is 41.7 Å². The van der Waals surface area contributed by atoms with Crippen molar-refractivity contribution >= 4 is 41.5 Å². The summed E-state index contributed by atoms with van der Waals surface area (Å²) in [4.78, 5) is 22.8. The quantitative estimate of drug-likeness (QED) is 0.350. The minimum atomic E-state index is -0.222. The molecule has 0 bridgehead atoms. The fourth-order valence-corrected chi connectivity index (χ4v) is 3.35. The van der Waals surface area contributed by atoms with Crippen molar-refractivity contribution in [3.63, 3.8) is 0 Å². The van der Waals surface area contributed by atoms with Crippen LogP contribution in [0.5, 0.6) is 0 Å². The van der Waals surface area contributed by atoms with Gasteiger partial charge in [0.1, 0.15) is 12.4 Å². The monoisotopic (exact) mass is 529 g/mol. The van der Waals surface area contributed by atoms with Crippen molar-refractivity contribution in [2.75, 3.05) is 51.7 Å². The Morgan fingerprint density at radius 3 is 2.63 bits per heavy atom. The molecule has 1 aliphatic rings. The summed E-state index contributed by atoms with van der Waals surface area (Å²) in [6, 6.07) is 6.55. The zero-order valence-electron chi connectivity index (χ0n) is 17.6. The predicted molar refractivity (Wildman–Crippen MR) is 127 cm³/mol. The van der Waals surface area contributed by atoms with E-state index in [9.17, 15) is 9.18 Å². The predicted octanol–water partition coefficient (Wildman–Crippen LogP) is 1.53. The molecule has 0 unspecified atom stereocenters. The number of nitrogens with one attached hydrogen (secondary N) is 1. The lowest BCUT2D eigenvalue weighted by Crippen LogP contribution is -2.55. The van der Waals surface area contributed by atoms with Crippen LogP contribution in [0, 0.1) is 5.82 Å². The van der Waals surface area contributed by atoms with E-state index in [2.05, 4.69) is 20.3 Å². The number of likely N-dealkylation sites (N-methyl/N-ethyl adjacent to an activating group) is 1. The van der Waals surface area contributed by atoms with E-state index in [1.165, 1.54) is 12.1 Å². The number of hydrogen-bond donors (Lipinski definition) is 1. The summed E-state index contributed by atoms with van der Waals surface area (Å²) in [6.07, 6.45) is 3.55. The van der Waals surface area contributed by atoms with Crippen LogP contribution >= 0.6 is 24.0 Å². The van der Waals surface area contributed by atoms with Gasteiger partial charge in [0.05, 0.1) is 11.9 Å². The zero-order valence-corrected chi connectivity index (χ0v) is 19.9. The molecular formula is C20H29FIN7O. The molecule has 3 rings (SSSR count). The topological polar surface area (TPSA) is 69.0 Å². The molecule has 30 heavy (non-hydrogen) atoms. The summed E-state index contributed by atoms with van der Waals surface area (Å²) in [6.45, 7) is 3.80. The largest absolute Gasteiger partial charge is 0.355 e. The number of aryl methyl sites for hydroxylation is 1. The number of benzene rings is 1. The number of carbonyl (C=O) groups excluding carboxylic acids is 1. The van der Waals surface area contributed by atoms with Gasteiger partial charge in [0.15, 0.2) is 5.96 Å². The molecule has 0 atom stereocenters. The third-order valence-corrected chi connectivity index (χ3v) is 4.88. The van der Waals surface area contributed by atoms with Gasteiger partial charge in [-0.05, 0) is 24.7 Å². The number of anilines is 1. The Morgan fingerprint density at radius 2 is 2.03 bits per heavy atom. The zero-order chi connectivity index (χ0) is 20.8. The Labute approximate surface area is 193 Å². The van der Waals surface area contributed by atoms with E-state index >= 15 is 0 Å². The number of halogens is 2. The van der Waals surface area contributed by atoms with Gasteiger partial charge in [-0.2, -0.15) is 5.10 Å². The van der Waals surface area contributed by atoms with Gasteiger partial charge in [-0.15, -0.1) is 24.0 Å². The second-order valence-corrected chi connectivity index (χ2v) is 7.18. The lowest BCUT2D eigenvalue weighted by atomic mass is 10.2. The summed E-state index contributed by atoms with van der Waals surface area (Å²) in [7, 11) is 5.58. The molecule has 1 aromatic heterocycles. The first-order valence-electron chi connectivity index (χ1n) is 9.64. The first-order valence-corrected chi connectivity index (χ1v) is 9.64. The fourth-order valence-electron chi connectivity index (χ4n) is 3.35. The normalized spacial score (nSPS) is 14.8. The third kappa shape index (κ3) is 6.39. The minimum Gasteiger partial charge on any atom is -0.355 e. The Kier molecular flexibility index (Phi) is 9.03. The van der Waals surface area contributed by atoms with Crippen LogP contribution in [-0.2, 0) is 18.4 Å². The van der Waals surface area contributed by atoms with Crippen LogP contribution in [0.4, 0.5) is 10.1 Å². The van der Waals surface area contributed by atoms with Gasteiger partial charge in [0.25, 0.3) is 0 Å². The summed E-state index contributed by atoms with van der Waals surface area (Å²) < 4.78 is 14.7. The van der Waals surface area contributed by atoms with E-state index in [0.29, 0.717) is 19.6 Å². The lowest BCUT2D eigenvalue weighted by molar-refractivity contribution is -0.120. The molecule has 1 amide bonds. The molecule has 2 heterocycles. The number of aliphatic imine (C=N–C) groups is 1. The smallest absolute Gasteiger partial charge is 0.246 e. The Hall–Kier alpha value is -2.21. The van der Waals surface area contributed by atoms with E-state index < -0.39 is 0 Å². The van der Waals surface area contributed by atoms with E-state index in [1.807, 2.05) is 25.2 Å². The van der Waals surface area contributed by atoms with Crippen molar-refractivity contribution < 1.29 is 9.18 Å². The van der Waals surface area contributed by atoms with Gasteiger partial charge in [-0.3, -0.25) is 14.5 Å². The molecule has 8 nitrogen and oxygen atoms in total. The van der Waals surface area contributed by atoms with E-state index in [0.717, 1.165) is 30.3 Å². The number of aromatic nitrogens is 2. The fraction of sp³-hybridized carbons (Fsp3) is 0.450. The molecular weight excluding hydrogens is 500 g/mol. The van der Waals surface area contributed by atoms with E-state index in [-0.39, 0.29) is 42.2 Å². The van der Waals surface area contributed by atoms with Crippen LogP contribution in [0.1, 0.15) is 5.56 Å². The van der Waals surface area contributed by atoms with Crippen molar-refractivity contribution in [2.45, 2.75) is 6.54 Å². The summed E-state index contributed by atoms with van der Waals surface area (Å²) in [5.74, 6) is 0.528. The molecule has 2 aromatic rings. The van der Waals surface area contributed by atoms with Gasteiger partial charge in [-0.25, -0.2) is 4.39 Å². The highest BCUT2D eigenvalue weighted by molar-refractivity contribution is 14.0. The second-order valence-electron chi connectivity index (χ2n) is 7.18. The van der Waals surface area contributed by atoms with Crippen molar-refractivity contribution in [3.8, 4) is 0 Å². The standard InChI is InChI=1S/C20H28FN7O.HI/c1-22-20(23-8-9-25(2)13-16-4-6-17(21)7-5-16)27-10-11-28(19(29)15-27)18-12-24-26(3)14-18;/h4-7,12,14H,8-11,13,15H2,1-3H3,(H,22,23);1H. The minimum absolute atomic E-state index is 0. The average molecular weight is 529 g/mol.